The van der Waals surface area contributed by atoms with Gasteiger partial charge in [-0.3, -0.25) is 4.79 Å². The lowest BCUT2D eigenvalue weighted by molar-refractivity contribution is -0.154. The largest absolute Gasteiger partial charge is 0.469 e. The summed E-state index contributed by atoms with van der Waals surface area (Å²) in [6, 6.07) is 0. The van der Waals surface area contributed by atoms with Gasteiger partial charge >= 0.3 is 5.97 Å². The Bertz CT molecular complexity index is 148. The monoisotopic (exact) mass is 186 g/mol. The van der Waals surface area contributed by atoms with Crippen LogP contribution in [0.15, 0.2) is 0 Å². The number of esters is 1. The minimum absolute atomic E-state index is 0.0362. The zero-order valence-corrected chi connectivity index (χ0v) is 9.35. The van der Waals surface area contributed by atoms with Crippen LogP contribution in [0.2, 0.25) is 0 Å². The molecule has 0 fully saturated rings. The Morgan fingerprint density at radius 2 is 1.77 bits per heavy atom. The third-order valence-electron chi connectivity index (χ3n) is 2.98. The summed E-state index contributed by atoms with van der Waals surface area (Å²) < 4.78 is 4.86. The number of carbonyl (C=O) groups excluding carboxylic acids is 1. The zero-order chi connectivity index (χ0) is 10.3. The van der Waals surface area contributed by atoms with Crippen LogP contribution < -0.4 is 0 Å². The van der Waals surface area contributed by atoms with Gasteiger partial charge in [0, 0.05) is 0 Å². The van der Waals surface area contributed by atoms with Crippen molar-refractivity contribution in [3.8, 4) is 0 Å². The van der Waals surface area contributed by atoms with Crippen LogP contribution in [0.5, 0.6) is 0 Å². The average molecular weight is 186 g/mol. The van der Waals surface area contributed by atoms with E-state index in [0.29, 0.717) is 0 Å². The first-order valence-electron chi connectivity index (χ1n) is 5.25. The van der Waals surface area contributed by atoms with Gasteiger partial charge in [0.15, 0.2) is 0 Å². The maximum atomic E-state index is 11.6. The van der Waals surface area contributed by atoms with E-state index in [1.54, 1.807) is 0 Å². The summed E-state index contributed by atoms with van der Waals surface area (Å²) in [5.74, 6) is -0.0362. The molecule has 0 aliphatic carbocycles. The molecule has 0 spiro atoms. The molecule has 78 valence electrons. The van der Waals surface area contributed by atoms with E-state index < -0.39 is 0 Å². The van der Waals surface area contributed by atoms with Crippen molar-refractivity contribution in [3.05, 3.63) is 0 Å². The Hall–Kier alpha value is -0.530. The topological polar surface area (TPSA) is 26.3 Å². The molecule has 0 bridgehead atoms. The molecule has 0 radical (unpaired) electrons. The van der Waals surface area contributed by atoms with Crippen LogP contribution in [0.3, 0.4) is 0 Å². The van der Waals surface area contributed by atoms with E-state index in [1.807, 2.05) is 0 Å². The summed E-state index contributed by atoms with van der Waals surface area (Å²) in [6.45, 7) is 6.28. The van der Waals surface area contributed by atoms with Gasteiger partial charge in [-0.1, -0.05) is 33.6 Å². The van der Waals surface area contributed by atoms with Crippen LogP contribution in [0.4, 0.5) is 0 Å². The maximum Gasteiger partial charge on any atom is 0.311 e. The zero-order valence-electron chi connectivity index (χ0n) is 9.35. The molecule has 0 aromatic heterocycles. The molecule has 2 heteroatoms. The summed E-state index contributed by atoms with van der Waals surface area (Å²) in [5.41, 5.74) is -0.217. The second-order valence-electron chi connectivity index (χ2n) is 3.58. The van der Waals surface area contributed by atoms with Crippen LogP contribution >= 0.6 is 0 Å². The fourth-order valence-electron chi connectivity index (χ4n) is 1.73. The summed E-state index contributed by atoms with van der Waals surface area (Å²) >= 11 is 0. The highest BCUT2D eigenvalue weighted by molar-refractivity contribution is 5.76. The van der Waals surface area contributed by atoms with Crippen molar-refractivity contribution < 1.29 is 9.53 Å². The molecule has 0 saturated heterocycles. The highest BCUT2D eigenvalue weighted by atomic mass is 16.5. The number of unbranched alkanes of at least 4 members (excludes halogenated alkanes) is 1. The van der Waals surface area contributed by atoms with Crippen molar-refractivity contribution >= 4 is 5.97 Å². The molecule has 0 aromatic rings. The van der Waals surface area contributed by atoms with E-state index in [9.17, 15) is 4.79 Å². The van der Waals surface area contributed by atoms with Crippen LogP contribution in [0.1, 0.15) is 52.9 Å². The number of rotatable bonds is 6. The molecule has 2 nitrogen and oxygen atoms in total. The SMILES string of the molecule is CCCCC(CC)(CC)C(=O)OC. The van der Waals surface area contributed by atoms with Gasteiger partial charge in [0.25, 0.3) is 0 Å². The smallest absolute Gasteiger partial charge is 0.311 e. The molecule has 0 aromatic carbocycles. The van der Waals surface area contributed by atoms with Crippen molar-refractivity contribution in [3.63, 3.8) is 0 Å². The Labute approximate surface area is 81.7 Å². The molecule has 0 unspecified atom stereocenters. The Kier molecular flexibility index (Phi) is 5.76. The molecule has 0 atom stereocenters. The number of methoxy groups -OCH3 is 1. The van der Waals surface area contributed by atoms with E-state index in [0.717, 1.165) is 32.1 Å². The molecule has 0 N–H and O–H groups in total. The Morgan fingerprint density at radius 1 is 1.23 bits per heavy atom. The van der Waals surface area contributed by atoms with E-state index in [1.165, 1.54) is 7.11 Å². The standard InChI is InChI=1S/C11H22O2/c1-5-8-9-11(6-2,7-3)10(12)13-4/h5-9H2,1-4H3. The van der Waals surface area contributed by atoms with Gasteiger partial charge in [0.2, 0.25) is 0 Å². The Balaban J connectivity index is 4.39. The van der Waals surface area contributed by atoms with Crippen molar-refractivity contribution in [2.45, 2.75) is 52.9 Å². The van der Waals surface area contributed by atoms with Gasteiger partial charge < -0.3 is 4.74 Å². The first-order valence-corrected chi connectivity index (χ1v) is 5.25. The molecule has 0 heterocycles. The second-order valence-corrected chi connectivity index (χ2v) is 3.58. The van der Waals surface area contributed by atoms with Crippen LogP contribution in [0.25, 0.3) is 0 Å². The minimum atomic E-state index is -0.217. The van der Waals surface area contributed by atoms with E-state index in [4.69, 9.17) is 4.74 Å². The van der Waals surface area contributed by atoms with E-state index in [-0.39, 0.29) is 11.4 Å². The molecule has 0 saturated carbocycles. The predicted octanol–water partition coefficient (Wildman–Crippen LogP) is 3.16. The molecule has 0 amide bonds. The van der Waals surface area contributed by atoms with E-state index in [2.05, 4.69) is 20.8 Å². The molecule has 0 aliphatic heterocycles. The van der Waals surface area contributed by atoms with Gasteiger partial charge in [0.1, 0.15) is 0 Å². The lowest BCUT2D eigenvalue weighted by atomic mass is 9.78. The number of hydrogen-bond donors (Lipinski definition) is 0. The fraction of sp³-hybridized carbons (Fsp3) is 0.909. The maximum absolute atomic E-state index is 11.6. The third kappa shape index (κ3) is 3.02. The van der Waals surface area contributed by atoms with Crippen molar-refractivity contribution in [1.29, 1.82) is 0 Å². The fourth-order valence-corrected chi connectivity index (χ4v) is 1.73. The molecular formula is C11H22O2. The van der Waals surface area contributed by atoms with Gasteiger partial charge in [-0.2, -0.15) is 0 Å². The van der Waals surface area contributed by atoms with E-state index >= 15 is 0 Å². The first-order chi connectivity index (χ1) is 6.16. The summed E-state index contributed by atoms with van der Waals surface area (Å²) in [6.07, 6.45) is 4.98. The van der Waals surface area contributed by atoms with Crippen LogP contribution in [-0.4, -0.2) is 13.1 Å². The highest BCUT2D eigenvalue weighted by Crippen LogP contribution is 2.33. The summed E-state index contributed by atoms with van der Waals surface area (Å²) in [7, 11) is 1.48. The average Bonchev–Trinajstić information content (AvgIpc) is 2.19. The van der Waals surface area contributed by atoms with Crippen molar-refractivity contribution in [2.24, 2.45) is 5.41 Å². The Morgan fingerprint density at radius 3 is 2.08 bits per heavy atom. The van der Waals surface area contributed by atoms with Gasteiger partial charge in [-0.05, 0) is 19.3 Å². The van der Waals surface area contributed by atoms with Crippen LogP contribution in [-0.2, 0) is 9.53 Å². The van der Waals surface area contributed by atoms with Gasteiger partial charge in [-0.15, -0.1) is 0 Å². The first kappa shape index (κ1) is 12.5. The second kappa shape index (κ2) is 6.01. The quantitative estimate of drug-likeness (QED) is 0.596. The lowest BCUT2D eigenvalue weighted by Gasteiger charge is -2.28. The third-order valence-corrected chi connectivity index (χ3v) is 2.98. The molecule has 13 heavy (non-hydrogen) atoms. The lowest BCUT2D eigenvalue weighted by Crippen LogP contribution is -2.31. The summed E-state index contributed by atoms with van der Waals surface area (Å²) in [5, 5.41) is 0. The summed E-state index contributed by atoms with van der Waals surface area (Å²) in [4.78, 5) is 11.6. The normalized spacial score (nSPS) is 11.4. The number of hydrogen-bond acceptors (Lipinski definition) is 2. The molecule has 0 rings (SSSR count). The van der Waals surface area contributed by atoms with Crippen molar-refractivity contribution in [1.82, 2.24) is 0 Å². The van der Waals surface area contributed by atoms with Crippen LogP contribution in [0, 0.1) is 5.41 Å². The highest BCUT2D eigenvalue weighted by Gasteiger charge is 2.34. The van der Waals surface area contributed by atoms with Gasteiger partial charge in [-0.25, -0.2) is 0 Å². The number of carbonyl (C=O) groups is 1. The van der Waals surface area contributed by atoms with Crippen molar-refractivity contribution in [2.75, 3.05) is 7.11 Å². The number of ether oxygens (including phenoxy) is 1. The van der Waals surface area contributed by atoms with Gasteiger partial charge in [0.05, 0.1) is 12.5 Å². The minimum Gasteiger partial charge on any atom is -0.469 e. The molecular weight excluding hydrogens is 164 g/mol. The molecule has 0 aliphatic rings. The predicted molar refractivity (Wildman–Crippen MR) is 54.6 cm³/mol.